The molecule has 0 aliphatic carbocycles. The van der Waals surface area contributed by atoms with Gasteiger partial charge in [0.05, 0.1) is 12.8 Å². The van der Waals surface area contributed by atoms with E-state index >= 15 is 0 Å². The third-order valence-electron chi connectivity index (χ3n) is 4.22. The van der Waals surface area contributed by atoms with Crippen molar-refractivity contribution in [3.8, 4) is 5.75 Å². The van der Waals surface area contributed by atoms with Gasteiger partial charge in [-0.2, -0.15) is 0 Å². The van der Waals surface area contributed by atoms with Gasteiger partial charge in [0, 0.05) is 30.5 Å². The molecular formula is C18H25FN2O3. The first-order chi connectivity index (χ1) is 11.2. The van der Waals surface area contributed by atoms with Crippen LogP contribution < -0.4 is 10.1 Å². The highest BCUT2D eigenvalue weighted by Gasteiger charge is 2.32. The van der Waals surface area contributed by atoms with E-state index in [1.165, 1.54) is 25.3 Å². The highest BCUT2D eigenvalue weighted by atomic mass is 19.1. The Labute approximate surface area is 142 Å². The second kappa shape index (κ2) is 7.20. The number of hydrogen-bond donors (Lipinski definition) is 1. The number of likely N-dealkylation sites (tertiary alicyclic amines) is 1. The minimum atomic E-state index is -0.418. The molecule has 24 heavy (non-hydrogen) atoms. The molecule has 2 rings (SSSR count). The fourth-order valence-corrected chi connectivity index (χ4v) is 2.82. The number of rotatable bonds is 3. The number of ether oxygens (including phenoxy) is 1. The van der Waals surface area contributed by atoms with Crippen LogP contribution >= 0.6 is 0 Å². The van der Waals surface area contributed by atoms with Crippen LogP contribution in [0.2, 0.25) is 0 Å². The van der Waals surface area contributed by atoms with Crippen molar-refractivity contribution in [3.05, 3.63) is 24.0 Å². The molecule has 0 aromatic heterocycles. The van der Waals surface area contributed by atoms with E-state index in [1.807, 2.05) is 25.7 Å². The monoisotopic (exact) mass is 336 g/mol. The van der Waals surface area contributed by atoms with Crippen LogP contribution in [0, 0.1) is 17.2 Å². The van der Waals surface area contributed by atoms with Crippen LogP contribution in [0.15, 0.2) is 18.2 Å². The third kappa shape index (κ3) is 4.24. The van der Waals surface area contributed by atoms with Gasteiger partial charge >= 0.3 is 0 Å². The van der Waals surface area contributed by atoms with Crippen LogP contribution in [0.1, 0.15) is 33.6 Å². The van der Waals surface area contributed by atoms with Crippen molar-refractivity contribution in [3.63, 3.8) is 0 Å². The van der Waals surface area contributed by atoms with Crippen molar-refractivity contribution >= 4 is 17.5 Å². The number of nitrogens with one attached hydrogen (secondary N) is 1. The Balaban J connectivity index is 1.95. The van der Waals surface area contributed by atoms with Crippen LogP contribution in [0.25, 0.3) is 0 Å². The van der Waals surface area contributed by atoms with Crippen molar-refractivity contribution in [2.45, 2.75) is 33.6 Å². The van der Waals surface area contributed by atoms with Crippen molar-refractivity contribution in [1.82, 2.24) is 4.90 Å². The van der Waals surface area contributed by atoms with Crippen molar-refractivity contribution in [2.24, 2.45) is 11.3 Å². The van der Waals surface area contributed by atoms with Crippen LogP contribution in [0.3, 0.4) is 0 Å². The number of amides is 2. The quantitative estimate of drug-likeness (QED) is 0.923. The predicted octanol–water partition coefficient (Wildman–Crippen LogP) is 3.06. The molecule has 1 aliphatic heterocycles. The predicted molar refractivity (Wildman–Crippen MR) is 90.3 cm³/mol. The van der Waals surface area contributed by atoms with Crippen LogP contribution in [0.4, 0.5) is 10.1 Å². The summed E-state index contributed by atoms with van der Waals surface area (Å²) >= 11 is 0. The molecule has 0 spiro atoms. The van der Waals surface area contributed by atoms with E-state index in [4.69, 9.17) is 4.74 Å². The number of methoxy groups -OCH3 is 1. The van der Waals surface area contributed by atoms with Crippen LogP contribution in [0.5, 0.6) is 5.75 Å². The molecule has 0 radical (unpaired) electrons. The van der Waals surface area contributed by atoms with Gasteiger partial charge in [-0.1, -0.05) is 20.8 Å². The zero-order valence-electron chi connectivity index (χ0n) is 14.7. The highest BCUT2D eigenvalue weighted by molar-refractivity contribution is 5.94. The van der Waals surface area contributed by atoms with Gasteiger partial charge in [-0.25, -0.2) is 4.39 Å². The molecule has 5 nitrogen and oxygen atoms in total. The van der Waals surface area contributed by atoms with E-state index in [9.17, 15) is 14.0 Å². The lowest BCUT2D eigenvalue weighted by molar-refractivity contribution is -0.142. The summed E-state index contributed by atoms with van der Waals surface area (Å²) in [5.74, 6) is -0.296. The number of benzene rings is 1. The maximum absolute atomic E-state index is 13.2. The zero-order chi connectivity index (χ0) is 17.9. The number of piperidine rings is 1. The molecule has 1 fully saturated rings. The maximum Gasteiger partial charge on any atom is 0.227 e. The molecule has 1 aromatic carbocycles. The van der Waals surface area contributed by atoms with E-state index in [0.717, 1.165) is 0 Å². The van der Waals surface area contributed by atoms with Crippen LogP contribution in [-0.4, -0.2) is 36.9 Å². The van der Waals surface area contributed by atoms with Gasteiger partial charge in [0.15, 0.2) is 0 Å². The summed E-state index contributed by atoms with van der Waals surface area (Å²) in [6, 6.07) is 4.01. The fourth-order valence-electron chi connectivity index (χ4n) is 2.82. The topological polar surface area (TPSA) is 58.6 Å². The molecule has 0 bridgehead atoms. The van der Waals surface area contributed by atoms with Gasteiger partial charge in [0.25, 0.3) is 0 Å². The van der Waals surface area contributed by atoms with Gasteiger partial charge in [0.2, 0.25) is 11.8 Å². The largest absolute Gasteiger partial charge is 0.494 e. The van der Waals surface area contributed by atoms with Crippen LogP contribution in [-0.2, 0) is 9.59 Å². The molecule has 132 valence electrons. The molecule has 1 N–H and O–H groups in total. The lowest BCUT2D eigenvalue weighted by atomic mass is 9.90. The summed E-state index contributed by atoms with van der Waals surface area (Å²) in [5, 5.41) is 2.80. The smallest absolute Gasteiger partial charge is 0.227 e. The Morgan fingerprint density at radius 2 is 1.88 bits per heavy atom. The second-order valence-corrected chi connectivity index (χ2v) is 7.15. The van der Waals surface area contributed by atoms with Gasteiger partial charge < -0.3 is 15.0 Å². The average Bonchev–Trinajstić information content (AvgIpc) is 2.55. The van der Waals surface area contributed by atoms with Gasteiger partial charge in [-0.05, 0) is 25.0 Å². The Hall–Kier alpha value is -2.11. The van der Waals surface area contributed by atoms with E-state index < -0.39 is 11.2 Å². The lowest BCUT2D eigenvalue weighted by Gasteiger charge is -2.35. The first-order valence-electron chi connectivity index (χ1n) is 8.16. The Bertz CT molecular complexity index is 617. The minimum absolute atomic E-state index is 0.113. The number of hydrogen-bond acceptors (Lipinski definition) is 3. The summed E-state index contributed by atoms with van der Waals surface area (Å²) in [7, 11) is 1.43. The van der Waals surface area contributed by atoms with E-state index in [-0.39, 0.29) is 17.7 Å². The van der Waals surface area contributed by atoms with Crippen molar-refractivity contribution < 1.29 is 18.7 Å². The van der Waals surface area contributed by atoms with E-state index in [1.54, 1.807) is 0 Å². The first-order valence-corrected chi connectivity index (χ1v) is 8.16. The summed E-state index contributed by atoms with van der Waals surface area (Å²) in [4.78, 5) is 26.5. The second-order valence-electron chi connectivity index (χ2n) is 7.15. The molecule has 0 atom stereocenters. The van der Waals surface area contributed by atoms with Crippen molar-refractivity contribution in [2.75, 3.05) is 25.5 Å². The summed E-state index contributed by atoms with van der Waals surface area (Å²) < 4.78 is 18.3. The Morgan fingerprint density at radius 3 is 2.42 bits per heavy atom. The fraction of sp³-hybridized carbons (Fsp3) is 0.556. The third-order valence-corrected chi connectivity index (χ3v) is 4.22. The number of carbonyl (C=O) groups is 2. The molecule has 2 amide bonds. The standard InChI is InChI=1S/C18H25FN2O3/c1-18(2,3)17(23)21-9-7-12(8-10-21)16(22)20-14-6-5-13(19)11-15(14)24-4/h5-6,11-12H,7-10H2,1-4H3,(H,20,22). The molecule has 0 saturated carbocycles. The molecular weight excluding hydrogens is 311 g/mol. The number of carbonyl (C=O) groups excluding carboxylic acids is 2. The lowest BCUT2D eigenvalue weighted by Crippen LogP contribution is -2.45. The van der Waals surface area contributed by atoms with E-state index in [2.05, 4.69) is 5.32 Å². The van der Waals surface area contributed by atoms with Crippen molar-refractivity contribution in [1.29, 1.82) is 0 Å². The van der Waals surface area contributed by atoms with Gasteiger partial charge in [-0.15, -0.1) is 0 Å². The van der Waals surface area contributed by atoms with E-state index in [0.29, 0.717) is 37.4 Å². The molecule has 1 aromatic rings. The summed E-state index contributed by atoms with van der Waals surface area (Å²) in [6.45, 7) is 6.85. The SMILES string of the molecule is COc1cc(F)ccc1NC(=O)C1CCN(C(=O)C(C)(C)C)CC1. The molecule has 1 saturated heterocycles. The average molecular weight is 336 g/mol. The molecule has 0 unspecified atom stereocenters. The number of halogens is 1. The number of nitrogens with zero attached hydrogens (tertiary/aromatic N) is 1. The zero-order valence-corrected chi connectivity index (χ0v) is 14.7. The molecule has 6 heteroatoms. The summed E-state index contributed by atoms with van der Waals surface area (Å²) in [5.41, 5.74) is 0.0495. The normalized spacial score (nSPS) is 16.0. The molecule has 1 heterocycles. The Kier molecular flexibility index (Phi) is 5.47. The van der Waals surface area contributed by atoms with Gasteiger partial charge in [0.1, 0.15) is 11.6 Å². The highest BCUT2D eigenvalue weighted by Crippen LogP contribution is 2.28. The Morgan fingerprint density at radius 1 is 1.25 bits per heavy atom. The maximum atomic E-state index is 13.2. The number of anilines is 1. The minimum Gasteiger partial charge on any atom is -0.494 e. The summed E-state index contributed by atoms with van der Waals surface area (Å²) in [6.07, 6.45) is 1.24. The van der Waals surface area contributed by atoms with Gasteiger partial charge in [-0.3, -0.25) is 9.59 Å². The first kappa shape index (κ1) is 18.2. The molecule has 1 aliphatic rings.